The molecule has 152 valence electrons. The summed E-state index contributed by atoms with van der Waals surface area (Å²) in [5, 5.41) is 6.55. The van der Waals surface area contributed by atoms with Crippen LogP contribution < -0.4 is 5.32 Å². The molecule has 2 amide bonds. The maximum Gasteiger partial charge on any atom is 0.264 e. The molecular weight excluding hydrogens is 406 g/mol. The number of anilines is 1. The van der Waals surface area contributed by atoms with Crippen molar-refractivity contribution in [2.45, 2.75) is 26.3 Å². The summed E-state index contributed by atoms with van der Waals surface area (Å²) in [6, 6.07) is 4.35. The highest BCUT2D eigenvalue weighted by molar-refractivity contribution is 7.20. The van der Waals surface area contributed by atoms with Gasteiger partial charge in [-0.15, -0.1) is 22.7 Å². The van der Waals surface area contributed by atoms with Crippen molar-refractivity contribution in [3.63, 3.8) is 0 Å². The summed E-state index contributed by atoms with van der Waals surface area (Å²) in [7, 11) is 0. The number of hydrogen-bond donors (Lipinski definition) is 1. The molecule has 1 aliphatic rings. The molecule has 0 spiro atoms. The number of amides is 2. The lowest BCUT2D eigenvalue weighted by atomic mass is 10.1. The normalized spacial score (nSPS) is 15.5. The van der Waals surface area contributed by atoms with E-state index >= 15 is 0 Å². The van der Waals surface area contributed by atoms with Crippen LogP contribution >= 0.6 is 22.7 Å². The number of hydrogen-bond acceptors (Lipinski definition) is 7. The Morgan fingerprint density at radius 2 is 2.10 bits per heavy atom. The van der Waals surface area contributed by atoms with Crippen LogP contribution in [0.1, 0.15) is 39.5 Å². The van der Waals surface area contributed by atoms with Gasteiger partial charge in [0.15, 0.2) is 0 Å². The quantitative estimate of drug-likeness (QED) is 0.607. The largest absolute Gasteiger partial charge is 0.362 e. The highest BCUT2D eigenvalue weighted by Crippen LogP contribution is 2.36. The Morgan fingerprint density at radius 1 is 1.31 bits per heavy atom. The van der Waals surface area contributed by atoms with Crippen molar-refractivity contribution in [3.05, 3.63) is 39.2 Å². The van der Waals surface area contributed by atoms with Crippen molar-refractivity contribution >= 4 is 51.0 Å². The van der Waals surface area contributed by atoms with Gasteiger partial charge in [0.1, 0.15) is 17.0 Å². The van der Waals surface area contributed by atoms with Gasteiger partial charge in [-0.1, -0.05) is 13.0 Å². The highest BCUT2D eigenvalue weighted by Gasteiger charge is 2.26. The second-order valence-corrected chi connectivity index (χ2v) is 8.99. The Balaban J connectivity index is 1.63. The fourth-order valence-electron chi connectivity index (χ4n) is 3.59. The third-order valence-corrected chi connectivity index (χ3v) is 7.45. The van der Waals surface area contributed by atoms with Gasteiger partial charge in [0.25, 0.3) is 5.91 Å². The van der Waals surface area contributed by atoms with E-state index in [0.717, 1.165) is 34.4 Å². The predicted molar refractivity (Wildman–Crippen MR) is 117 cm³/mol. The third kappa shape index (κ3) is 3.84. The molecule has 1 N–H and O–H groups in total. The van der Waals surface area contributed by atoms with Crippen molar-refractivity contribution in [2.24, 2.45) is 0 Å². The number of carbonyl (C=O) groups is 2. The molecule has 4 heterocycles. The predicted octanol–water partition coefficient (Wildman–Crippen LogP) is 3.54. The van der Waals surface area contributed by atoms with Crippen LogP contribution in [0, 0.1) is 6.92 Å². The SMILES string of the molecule is CC[C@H](Nc1ncnc2sc(C(=O)N3CCN(C=O)CC3)c(C)c12)c1cccs1. The molecule has 1 atom stereocenters. The molecule has 1 fully saturated rings. The molecule has 4 rings (SSSR count). The van der Waals surface area contributed by atoms with Crippen LogP contribution in [-0.4, -0.2) is 58.3 Å². The molecule has 0 aliphatic carbocycles. The fourth-order valence-corrected chi connectivity index (χ4v) is 5.57. The van der Waals surface area contributed by atoms with Gasteiger partial charge in [-0.25, -0.2) is 9.97 Å². The van der Waals surface area contributed by atoms with Crippen LogP contribution in [-0.2, 0) is 4.79 Å². The topological polar surface area (TPSA) is 78.4 Å². The van der Waals surface area contributed by atoms with E-state index in [1.54, 1.807) is 22.6 Å². The lowest BCUT2D eigenvalue weighted by molar-refractivity contribution is -0.119. The number of piperazine rings is 1. The molecule has 3 aromatic rings. The zero-order valence-corrected chi connectivity index (χ0v) is 18.1. The molecule has 0 saturated carbocycles. The standard InChI is InChI=1S/C20H23N5O2S2/c1-3-14(15-5-4-10-28-15)23-18-16-13(2)17(29-19(16)22-11-21-18)20(27)25-8-6-24(12-26)7-9-25/h4-5,10-12,14H,3,6-9H2,1-2H3,(H,21,22,23)/t14-/m0/s1. The minimum atomic E-state index is 0.00676. The molecule has 7 nitrogen and oxygen atoms in total. The third-order valence-electron chi connectivity index (χ3n) is 5.28. The number of nitrogens with one attached hydrogen (secondary N) is 1. The van der Waals surface area contributed by atoms with Gasteiger partial charge in [0, 0.05) is 31.1 Å². The highest BCUT2D eigenvalue weighted by atomic mass is 32.1. The zero-order chi connectivity index (χ0) is 20.4. The van der Waals surface area contributed by atoms with E-state index in [2.05, 4.69) is 39.7 Å². The summed E-state index contributed by atoms with van der Waals surface area (Å²) < 4.78 is 0. The average molecular weight is 430 g/mol. The number of fused-ring (bicyclic) bond motifs is 1. The average Bonchev–Trinajstić information content (AvgIpc) is 3.40. The van der Waals surface area contributed by atoms with Crippen LogP contribution in [0.25, 0.3) is 10.2 Å². The number of rotatable bonds is 6. The minimum Gasteiger partial charge on any atom is -0.362 e. The van der Waals surface area contributed by atoms with Crippen LogP contribution in [0.2, 0.25) is 0 Å². The Morgan fingerprint density at radius 3 is 2.76 bits per heavy atom. The zero-order valence-electron chi connectivity index (χ0n) is 16.4. The molecule has 0 unspecified atom stereocenters. The van der Waals surface area contributed by atoms with E-state index < -0.39 is 0 Å². The molecule has 0 bridgehead atoms. The smallest absolute Gasteiger partial charge is 0.264 e. The van der Waals surface area contributed by atoms with Crippen LogP contribution in [0.5, 0.6) is 0 Å². The summed E-state index contributed by atoms with van der Waals surface area (Å²) in [6.07, 6.45) is 3.33. The Kier molecular flexibility index (Phi) is 5.77. The first kappa shape index (κ1) is 19.8. The van der Waals surface area contributed by atoms with Crippen molar-refractivity contribution in [3.8, 4) is 0 Å². The Labute approximate surface area is 177 Å². The van der Waals surface area contributed by atoms with E-state index in [4.69, 9.17) is 0 Å². The van der Waals surface area contributed by atoms with Crippen LogP contribution in [0.3, 0.4) is 0 Å². The maximum atomic E-state index is 13.1. The van der Waals surface area contributed by atoms with Crippen molar-refractivity contribution < 1.29 is 9.59 Å². The van der Waals surface area contributed by atoms with Crippen molar-refractivity contribution in [1.82, 2.24) is 19.8 Å². The van der Waals surface area contributed by atoms with E-state index in [0.29, 0.717) is 31.1 Å². The summed E-state index contributed by atoms with van der Waals surface area (Å²) in [6.45, 7) is 6.37. The molecule has 9 heteroatoms. The van der Waals surface area contributed by atoms with Gasteiger partial charge in [0.2, 0.25) is 6.41 Å². The monoisotopic (exact) mass is 429 g/mol. The molecule has 29 heavy (non-hydrogen) atoms. The molecule has 1 aliphatic heterocycles. The molecule has 0 aromatic carbocycles. The molecule has 1 saturated heterocycles. The van der Waals surface area contributed by atoms with Gasteiger partial charge in [-0.3, -0.25) is 9.59 Å². The summed E-state index contributed by atoms with van der Waals surface area (Å²) >= 11 is 3.14. The van der Waals surface area contributed by atoms with Gasteiger partial charge in [0.05, 0.1) is 16.3 Å². The summed E-state index contributed by atoms with van der Waals surface area (Å²) in [5.41, 5.74) is 0.914. The number of thiophene rings is 2. The van der Waals surface area contributed by atoms with Gasteiger partial charge >= 0.3 is 0 Å². The molecular formula is C20H23N5O2S2. The number of nitrogens with zero attached hydrogens (tertiary/aromatic N) is 4. The second kappa shape index (κ2) is 8.46. The first-order chi connectivity index (χ1) is 14.1. The van der Waals surface area contributed by atoms with Gasteiger partial charge < -0.3 is 15.1 Å². The van der Waals surface area contributed by atoms with E-state index in [1.807, 2.05) is 11.8 Å². The maximum absolute atomic E-state index is 13.1. The van der Waals surface area contributed by atoms with Crippen molar-refractivity contribution in [1.29, 1.82) is 0 Å². The number of carbonyl (C=O) groups excluding carboxylic acids is 2. The van der Waals surface area contributed by atoms with E-state index in [-0.39, 0.29) is 11.9 Å². The van der Waals surface area contributed by atoms with Crippen molar-refractivity contribution in [2.75, 3.05) is 31.5 Å². The lowest BCUT2D eigenvalue weighted by Gasteiger charge is -2.32. The van der Waals surface area contributed by atoms with Gasteiger partial charge in [-0.2, -0.15) is 0 Å². The second-order valence-electron chi connectivity index (χ2n) is 7.01. The van der Waals surface area contributed by atoms with Crippen LogP contribution in [0.15, 0.2) is 23.8 Å². The first-order valence-corrected chi connectivity index (χ1v) is 11.3. The summed E-state index contributed by atoms with van der Waals surface area (Å²) in [4.78, 5) is 39.2. The summed E-state index contributed by atoms with van der Waals surface area (Å²) in [5.74, 6) is 0.779. The van der Waals surface area contributed by atoms with E-state index in [1.165, 1.54) is 16.2 Å². The molecule has 3 aromatic heterocycles. The van der Waals surface area contributed by atoms with Crippen LogP contribution in [0.4, 0.5) is 5.82 Å². The minimum absolute atomic E-state index is 0.00676. The Bertz CT molecular complexity index is 1010. The lowest BCUT2D eigenvalue weighted by Crippen LogP contribution is -2.48. The first-order valence-electron chi connectivity index (χ1n) is 9.65. The number of aromatic nitrogens is 2. The van der Waals surface area contributed by atoms with Gasteiger partial charge in [-0.05, 0) is 30.4 Å². The molecule has 0 radical (unpaired) electrons. The Hall–Kier alpha value is -2.52. The number of aryl methyl sites for hydroxylation is 1. The fraction of sp³-hybridized carbons (Fsp3) is 0.400. The van der Waals surface area contributed by atoms with E-state index in [9.17, 15) is 9.59 Å².